The maximum Gasteiger partial charge on any atom is 1.00 e. The summed E-state index contributed by atoms with van der Waals surface area (Å²) in [4.78, 5) is 25.6. The topological polar surface area (TPSA) is 127 Å². The quantitative estimate of drug-likeness (QED) is 0.172. The van der Waals surface area contributed by atoms with Gasteiger partial charge in [0.2, 0.25) is 0 Å². The Bertz CT molecular complexity index is 59.1. The van der Waals surface area contributed by atoms with Crippen molar-refractivity contribution < 1.29 is 118 Å². The summed E-state index contributed by atoms with van der Waals surface area (Å²) in [6, 6.07) is 0. The molecule has 0 amide bonds. The van der Waals surface area contributed by atoms with Crippen LogP contribution in [-0.4, -0.2) is 10.5 Å². The third kappa shape index (κ3) is 121. The van der Waals surface area contributed by atoms with Gasteiger partial charge >= 0.3 is 88.7 Å². The minimum atomic E-state index is -5.39. The normalized spacial score (nSPS) is 6.50. The second kappa shape index (κ2) is 17.9. The Kier molecular flexibility index (Phi) is 52.5. The Labute approximate surface area is 124 Å². The van der Waals surface area contributed by atoms with E-state index in [1.54, 1.807) is 0 Å². The van der Waals surface area contributed by atoms with Crippen molar-refractivity contribution in [3.8, 4) is 0 Å². The zero-order valence-electron chi connectivity index (χ0n) is 5.97. The Hall–Kier alpha value is 3.03. The standard InChI is InChI=1S/3Na.H3O4P.H2O2/c;;;1-5(2,3)4;1-2/h;;;(H3,1,2,3,4);1-2H/q3*+1;;/p-3. The molecule has 0 bridgehead atoms. The fourth-order valence-corrected chi connectivity index (χ4v) is 0. The molecule has 0 aromatic heterocycles. The molecule has 2 N–H and O–H groups in total. The third-order valence-electron chi connectivity index (χ3n) is 0. The van der Waals surface area contributed by atoms with Gasteiger partial charge in [-0.25, -0.2) is 0 Å². The fraction of sp³-hybridized carbons (Fsp3) is 0. The molecule has 0 rings (SSSR count). The first kappa shape index (κ1) is 29.2. The van der Waals surface area contributed by atoms with Crippen LogP contribution in [0.5, 0.6) is 0 Å². The molecule has 0 aliphatic carbocycles. The van der Waals surface area contributed by atoms with Gasteiger partial charge in [0.15, 0.2) is 0 Å². The number of hydrogen-bond acceptors (Lipinski definition) is 6. The molecule has 0 aliphatic heterocycles. The molecule has 0 aromatic rings. The zero-order valence-corrected chi connectivity index (χ0v) is 12.9. The average molecular weight is 198 g/mol. The van der Waals surface area contributed by atoms with Crippen LogP contribution >= 0.6 is 7.82 Å². The van der Waals surface area contributed by atoms with E-state index in [0.29, 0.717) is 0 Å². The molecule has 0 heterocycles. The molecule has 0 saturated carbocycles. The summed E-state index contributed by atoms with van der Waals surface area (Å²) in [6.07, 6.45) is 0. The minimum Gasteiger partial charge on any atom is -0.822 e. The van der Waals surface area contributed by atoms with Crippen LogP contribution in [-0.2, 0) is 4.57 Å². The molecule has 0 saturated heterocycles. The molecule has 6 nitrogen and oxygen atoms in total. The molecular weight excluding hydrogens is 196 g/mol. The molecule has 0 fully saturated rings. The van der Waals surface area contributed by atoms with Crippen molar-refractivity contribution in [3.05, 3.63) is 0 Å². The first-order chi connectivity index (χ1) is 3.00. The minimum absolute atomic E-state index is 0. The molecule has 0 aliphatic rings. The molecule has 0 unspecified atom stereocenters. The van der Waals surface area contributed by atoms with Crippen molar-refractivity contribution in [3.63, 3.8) is 0 Å². The molecule has 10 heteroatoms. The Morgan fingerprint density at radius 2 is 0.900 bits per heavy atom. The Morgan fingerprint density at radius 3 is 0.900 bits per heavy atom. The van der Waals surface area contributed by atoms with E-state index < -0.39 is 7.82 Å². The third-order valence-corrected chi connectivity index (χ3v) is 0. The van der Waals surface area contributed by atoms with E-state index in [0.717, 1.165) is 0 Å². The molecule has 0 radical (unpaired) electrons. The first-order valence-corrected chi connectivity index (χ1v) is 2.39. The van der Waals surface area contributed by atoms with Crippen LogP contribution in [0.4, 0.5) is 0 Å². The predicted molar refractivity (Wildman–Crippen MR) is 12.9 cm³/mol. The maximum absolute atomic E-state index is 8.55. The Morgan fingerprint density at radius 1 is 0.900 bits per heavy atom. The van der Waals surface area contributed by atoms with Crippen LogP contribution in [0.1, 0.15) is 0 Å². The number of phosphoric acid groups is 1. The smallest absolute Gasteiger partial charge is 0.822 e. The molecule has 0 spiro atoms. The monoisotopic (exact) mass is 198 g/mol. The summed E-state index contributed by atoms with van der Waals surface area (Å²) in [7, 11) is -5.39. The van der Waals surface area contributed by atoms with Crippen LogP contribution in [0.2, 0.25) is 0 Å². The van der Waals surface area contributed by atoms with Gasteiger partial charge in [-0.1, -0.05) is 0 Å². The van der Waals surface area contributed by atoms with Gasteiger partial charge in [-0.2, -0.15) is 7.82 Å². The molecule has 10 heavy (non-hydrogen) atoms. The number of hydrogen-bond donors (Lipinski definition) is 2. The summed E-state index contributed by atoms with van der Waals surface area (Å²) >= 11 is 0. The van der Waals surface area contributed by atoms with Crippen molar-refractivity contribution in [1.29, 1.82) is 0 Å². The van der Waals surface area contributed by atoms with E-state index in [1.165, 1.54) is 0 Å². The van der Waals surface area contributed by atoms with Crippen molar-refractivity contribution in [1.82, 2.24) is 0 Å². The molecule has 46 valence electrons. The molecular formula is H2Na3O6P. The summed E-state index contributed by atoms with van der Waals surface area (Å²) < 4.78 is 8.55. The zero-order chi connectivity index (χ0) is 6.50. The van der Waals surface area contributed by atoms with Gasteiger partial charge in [0.25, 0.3) is 0 Å². The maximum atomic E-state index is 8.55. The molecule has 0 aromatic carbocycles. The van der Waals surface area contributed by atoms with Gasteiger partial charge in [-0.15, -0.1) is 0 Å². The van der Waals surface area contributed by atoms with Crippen LogP contribution in [0.25, 0.3) is 0 Å². The predicted octanol–water partition coefficient (Wildman–Crippen LogP) is -11.8. The number of rotatable bonds is 0. The summed E-state index contributed by atoms with van der Waals surface area (Å²) in [6.45, 7) is 0. The van der Waals surface area contributed by atoms with Crippen LogP contribution in [0.15, 0.2) is 0 Å². The van der Waals surface area contributed by atoms with Crippen LogP contribution in [0.3, 0.4) is 0 Å². The van der Waals surface area contributed by atoms with Gasteiger partial charge < -0.3 is 19.2 Å². The van der Waals surface area contributed by atoms with Crippen molar-refractivity contribution >= 4 is 7.82 Å². The second-order valence-corrected chi connectivity index (χ2v) is 1.34. The largest absolute Gasteiger partial charge is 1.00 e. The van der Waals surface area contributed by atoms with E-state index in [2.05, 4.69) is 0 Å². The van der Waals surface area contributed by atoms with E-state index in [4.69, 9.17) is 29.8 Å². The van der Waals surface area contributed by atoms with E-state index in [1.807, 2.05) is 0 Å². The fourth-order valence-electron chi connectivity index (χ4n) is 0. The van der Waals surface area contributed by atoms with E-state index >= 15 is 0 Å². The van der Waals surface area contributed by atoms with Gasteiger partial charge in [0.1, 0.15) is 0 Å². The van der Waals surface area contributed by atoms with Crippen LogP contribution < -0.4 is 103 Å². The van der Waals surface area contributed by atoms with Crippen LogP contribution in [0, 0.1) is 0 Å². The van der Waals surface area contributed by atoms with Gasteiger partial charge in [-0.3, -0.25) is 10.5 Å². The summed E-state index contributed by atoms with van der Waals surface area (Å²) in [5.41, 5.74) is 0. The second-order valence-electron chi connectivity index (χ2n) is 0.447. The van der Waals surface area contributed by atoms with Crippen molar-refractivity contribution in [2.45, 2.75) is 0 Å². The summed E-state index contributed by atoms with van der Waals surface area (Å²) in [5, 5.41) is 12.0. The van der Waals surface area contributed by atoms with Gasteiger partial charge in [0.05, 0.1) is 0 Å². The van der Waals surface area contributed by atoms with E-state index in [-0.39, 0.29) is 88.7 Å². The van der Waals surface area contributed by atoms with Gasteiger partial charge in [0, 0.05) is 0 Å². The van der Waals surface area contributed by atoms with Crippen molar-refractivity contribution in [2.24, 2.45) is 0 Å². The molecule has 0 atom stereocenters. The van der Waals surface area contributed by atoms with Gasteiger partial charge in [-0.05, 0) is 0 Å². The SMILES string of the molecule is O=P([O-])([O-])[O-].OO.[Na+].[Na+].[Na+]. The first-order valence-electron chi connectivity index (χ1n) is 0.930. The Balaban J connectivity index is -0.0000000154. The average Bonchev–Trinajstić information content (AvgIpc) is 1.36. The summed E-state index contributed by atoms with van der Waals surface area (Å²) in [5.74, 6) is 0. The van der Waals surface area contributed by atoms with Crippen molar-refractivity contribution in [2.75, 3.05) is 0 Å². The van der Waals surface area contributed by atoms with E-state index in [9.17, 15) is 0 Å².